The first-order valence-electron chi connectivity index (χ1n) is 8.17. The summed E-state index contributed by atoms with van der Waals surface area (Å²) in [7, 11) is 0. The lowest BCUT2D eigenvalue weighted by molar-refractivity contribution is -0.122. The van der Waals surface area contributed by atoms with E-state index in [1.165, 1.54) is 10.6 Å². The molecule has 0 aromatic carbocycles. The summed E-state index contributed by atoms with van der Waals surface area (Å²) in [5.74, 6) is -0.522. The Hall–Kier alpha value is -2.15. The van der Waals surface area contributed by atoms with Crippen molar-refractivity contribution in [1.29, 1.82) is 0 Å². The predicted octanol–water partition coefficient (Wildman–Crippen LogP) is 0.457. The highest BCUT2D eigenvalue weighted by Crippen LogP contribution is 2.11. The molecule has 1 rings (SSSR count). The molecule has 7 heteroatoms. The number of nitrogens with zero attached hydrogens (tertiary/aromatic N) is 1. The number of hydrogen-bond acceptors (Lipinski definition) is 4. The highest BCUT2D eigenvalue weighted by molar-refractivity contribution is 5.96. The highest BCUT2D eigenvalue weighted by Gasteiger charge is 2.18. The fourth-order valence-corrected chi connectivity index (χ4v) is 2.47. The van der Waals surface area contributed by atoms with Crippen LogP contribution in [0.5, 0.6) is 0 Å². The van der Waals surface area contributed by atoms with Crippen LogP contribution in [0.1, 0.15) is 48.8 Å². The predicted molar refractivity (Wildman–Crippen MR) is 94.1 cm³/mol. The van der Waals surface area contributed by atoms with Crippen LogP contribution < -0.4 is 21.9 Å². The third-order valence-electron chi connectivity index (χ3n) is 3.63. The van der Waals surface area contributed by atoms with Gasteiger partial charge in [-0.3, -0.25) is 14.4 Å². The van der Waals surface area contributed by atoms with E-state index in [0.29, 0.717) is 29.8 Å². The van der Waals surface area contributed by atoms with Gasteiger partial charge in [0, 0.05) is 30.4 Å². The van der Waals surface area contributed by atoms with Crippen molar-refractivity contribution in [3.63, 3.8) is 0 Å². The Labute approximate surface area is 142 Å². The molecule has 0 saturated carbocycles. The summed E-state index contributed by atoms with van der Waals surface area (Å²) in [6, 6.07) is 1.37. The summed E-state index contributed by atoms with van der Waals surface area (Å²) in [5.41, 5.74) is 6.88. The smallest absolute Gasteiger partial charge is 0.253 e. The number of rotatable bonds is 7. The van der Waals surface area contributed by atoms with Crippen LogP contribution in [0.15, 0.2) is 10.9 Å². The first-order chi connectivity index (χ1) is 11.1. The lowest BCUT2D eigenvalue weighted by atomic mass is 10.1. The zero-order chi connectivity index (χ0) is 18.4. The molecule has 1 aromatic heterocycles. The van der Waals surface area contributed by atoms with E-state index in [1.54, 1.807) is 13.8 Å². The fourth-order valence-electron chi connectivity index (χ4n) is 2.47. The first kappa shape index (κ1) is 19.9. The van der Waals surface area contributed by atoms with Crippen molar-refractivity contribution in [1.82, 2.24) is 15.2 Å². The summed E-state index contributed by atoms with van der Waals surface area (Å²) in [5, 5.41) is 5.55. The Morgan fingerprint density at radius 3 is 2.42 bits per heavy atom. The Kier molecular flexibility index (Phi) is 7.16. The molecule has 24 heavy (non-hydrogen) atoms. The average Bonchev–Trinajstić information content (AvgIpc) is 2.42. The van der Waals surface area contributed by atoms with E-state index in [2.05, 4.69) is 10.6 Å². The fraction of sp³-hybridized carbons (Fsp3) is 0.588. The molecular weight excluding hydrogens is 308 g/mol. The highest BCUT2D eigenvalue weighted by atomic mass is 16.2. The molecule has 0 aliphatic heterocycles. The summed E-state index contributed by atoms with van der Waals surface area (Å²) < 4.78 is 1.32. The number of aryl methyl sites for hydroxylation is 1. The number of nitrogens with two attached hydrogens (primary N) is 1. The summed E-state index contributed by atoms with van der Waals surface area (Å²) in [6.07, 6.45) is 0.667. The second-order valence-corrected chi connectivity index (χ2v) is 6.46. The minimum absolute atomic E-state index is 0.00109. The van der Waals surface area contributed by atoms with Crippen molar-refractivity contribution >= 4 is 11.8 Å². The Morgan fingerprint density at radius 1 is 1.25 bits per heavy atom. The molecule has 0 saturated heterocycles. The van der Waals surface area contributed by atoms with Gasteiger partial charge >= 0.3 is 0 Å². The van der Waals surface area contributed by atoms with Gasteiger partial charge in [0.05, 0.1) is 5.56 Å². The van der Waals surface area contributed by atoms with Gasteiger partial charge in [0.1, 0.15) is 6.54 Å². The van der Waals surface area contributed by atoms with Gasteiger partial charge in [-0.1, -0.05) is 0 Å². The molecule has 1 heterocycles. The number of carbonyl (C=O) groups is 2. The number of aromatic nitrogens is 1. The molecular formula is C17H28N4O3. The van der Waals surface area contributed by atoms with Crippen molar-refractivity contribution < 1.29 is 9.59 Å². The minimum atomic E-state index is -0.295. The zero-order valence-electron chi connectivity index (χ0n) is 15.1. The zero-order valence-corrected chi connectivity index (χ0v) is 15.1. The Morgan fingerprint density at radius 2 is 1.88 bits per heavy atom. The summed E-state index contributed by atoms with van der Waals surface area (Å²) in [4.78, 5) is 36.6. The molecule has 1 unspecified atom stereocenters. The summed E-state index contributed by atoms with van der Waals surface area (Å²) >= 11 is 0. The van der Waals surface area contributed by atoms with E-state index in [1.807, 2.05) is 20.8 Å². The van der Waals surface area contributed by atoms with Gasteiger partial charge in [0.2, 0.25) is 5.91 Å². The number of amides is 2. The van der Waals surface area contributed by atoms with E-state index in [0.717, 1.165) is 0 Å². The van der Waals surface area contributed by atoms with Crippen molar-refractivity contribution in [2.75, 3.05) is 6.54 Å². The van der Waals surface area contributed by atoms with Gasteiger partial charge in [-0.2, -0.15) is 0 Å². The van der Waals surface area contributed by atoms with E-state index in [-0.39, 0.29) is 36.0 Å². The quantitative estimate of drug-likeness (QED) is 0.672. The van der Waals surface area contributed by atoms with E-state index in [4.69, 9.17) is 5.73 Å². The van der Waals surface area contributed by atoms with Crippen LogP contribution in [0, 0.1) is 13.8 Å². The van der Waals surface area contributed by atoms with Crippen LogP contribution in [-0.4, -0.2) is 35.0 Å². The van der Waals surface area contributed by atoms with Gasteiger partial charge < -0.3 is 20.9 Å². The SMILES string of the molecule is Cc1cc(=O)n(CC(=O)NC(C)C)c(C)c1C(=O)NCCC(C)N. The second kappa shape index (κ2) is 8.63. The van der Waals surface area contributed by atoms with Crippen LogP contribution >= 0.6 is 0 Å². The standard InChI is InChI=1S/C17H28N4O3/c1-10(2)20-14(22)9-21-13(5)16(11(3)8-15(21)23)17(24)19-7-6-12(4)18/h8,10,12H,6-7,9,18H2,1-5H3,(H,19,24)(H,20,22). The minimum Gasteiger partial charge on any atom is -0.352 e. The van der Waals surface area contributed by atoms with E-state index < -0.39 is 0 Å². The normalized spacial score (nSPS) is 12.1. The molecule has 1 atom stereocenters. The molecule has 0 aliphatic rings. The number of nitrogens with one attached hydrogen (secondary N) is 2. The third kappa shape index (κ3) is 5.49. The van der Waals surface area contributed by atoms with Crippen molar-refractivity contribution in [2.45, 2.75) is 59.7 Å². The van der Waals surface area contributed by atoms with Gasteiger partial charge in [0.25, 0.3) is 11.5 Å². The van der Waals surface area contributed by atoms with Crippen LogP contribution in [0.3, 0.4) is 0 Å². The topological polar surface area (TPSA) is 106 Å². The molecule has 0 bridgehead atoms. The van der Waals surface area contributed by atoms with Gasteiger partial charge in [-0.05, 0) is 46.6 Å². The molecule has 134 valence electrons. The maximum atomic E-state index is 12.4. The molecule has 0 aliphatic carbocycles. The van der Waals surface area contributed by atoms with Crippen LogP contribution in [0.4, 0.5) is 0 Å². The maximum absolute atomic E-state index is 12.4. The monoisotopic (exact) mass is 336 g/mol. The van der Waals surface area contributed by atoms with Crippen LogP contribution in [-0.2, 0) is 11.3 Å². The van der Waals surface area contributed by atoms with Crippen molar-refractivity contribution in [2.24, 2.45) is 5.73 Å². The summed E-state index contributed by atoms with van der Waals surface area (Å²) in [6.45, 7) is 9.31. The Bertz CT molecular complexity index is 663. The average molecular weight is 336 g/mol. The first-order valence-corrected chi connectivity index (χ1v) is 8.17. The lowest BCUT2D eigenvalue weighted by Gasteiger charge is -2.17. The van der Waals surface area contributed by atoms with Gasteiger partial charge in [-0.25, -0.2) is 0 Å². The maximum Gasteiger partial charge on any atom is 0.253 e. The molecule has 0 fully saturated rings. The van der Waals surface area contributed by atoms with Crippen molar-refractivity contribution in [3.05, 3.63) is 33.2 Å². The van der Waals surface area contributed by atoms with Crippen molar-refractivity contribution in [3.8, 4) is 0 Å². The molecule has 0 radical (unpaired) electrons. The van der Waals surface area contributed by atoms with E-state index in [9.17, 15) is 14.4 Å². The molecule has 2 amide bonds. The van der Waals surface area contributed by atoms with Gasteiger partial charge in [0.15, 0.2) is 0 Å². The Balaban J connectivity index is 3.05. The number of carbonyl (C=O) groups excluding carboxylic acids is 2. The molecule has 4 N–H and O–H groups in total. The number of pyridine rings is 1. The van der Waals surface area contributed by atoms with Gasteiger partial charge in [-0.15, -0.1) is 0 Å². The largest absolute Gasteiger partial charge is 0.352 e. The molecule has 0 spiro atoms. The van der Waals surface area contributed by atoms with E-state index >= 15 is 0 Å². The van der Waals surface area contributed by atoms with Crippen LogP contribution in [0.25, 0.3) is 0 Å². The third-order valence-corrected chi connectivity index (χ3v) is 3.63. The lowest BCUT2D eigenvalue weighted by Crippen LogP contribution is -2.38. The second-order valence-electron chi connectivity index (χ2n) is 6.46. The molecule has 1 aromatic rings. The van der Waals surface area contributed by atoms with Crippen LogP contribution in [0.2, 0.25) is 0 Å². The molecule has 7 nitrogen and oxygen atoms in total. The number of hydrogen-bond donors (Lipinski definition) is 3.